The highest BCUT2D eigenvalue weighted by atomic mass is 19.3. The molecule has 1 unspecified atom stereocenters. The van der Waals surface area contributed by atoms with Gasteiger partial charge in [0.15, 0.2) is 5.78 Å². The number of alkyl halides is 2. The first-order valence-corrected chi connectivity index (χ1v) is 6.97. The van der Waals surface area contributed by atoms with E-state index < -0.39 is 11.5 Å². The van der Waals surface area contributed by atoms with Gasteiger partial charge in [0, 0.05) is 19.3 Å². The van der Waals surface area contributed by atoms with E-state index in [9.17, 15) is 13.6 Å². The molecule has 2 fully saturated rings. The maximum absolute atomic E-state index is 13.1. The summed E-state index contributed by atoms with van der Waals surface area (Å²) < 4.78 is 26.2. The molecule has 2 aliphatic rings. The Bertz CT molecular complexity index is 322. The Kier molecular flexibility index (Phi) is 3.77. The van der Waals surface area contributed by atoms with Crippen LogP contribution in [-0.4, -0.2) is 35.2 Å². The molecular formula is C14H23F2NO. The summed E-state index contributed by atoms with van der Waals surface area (Å²) in [6.07, 6.45) is 2.94. The van der Waals surface area contributed by atoms with Crippen LogP contribution < -0.4 is 0 Å². The van der Waals surface area contributed by atoms with Crippen LogP contribution in [-0.2, 0) is 4.79 Å². The van der Waals surface area contributed by atoms with Crippen LogP contribution in [0.3, 0.4) is 0 Å². The van der Waals surface area contributed by atoms with Crippen LogP contribution in [0.2, 0.25) is 0 Å². The lowest BCUT2D eigenvalue weighted by Crippen LogP contribution is -2.49. The molecule has 0 amide bonds. The first-order valence-electron chi connectivity index (χ1n) is 6.97. The van der Waals surface area contributed by atoms with Gasteiger partial charge < -0.3 is 0 Å². The zero-order chi connectivity index (χ0) is 13.4. The van der Waals surface area contributed by atoms with E-state index >= 15 is 0 Å². The quantitative estimate of drug-likeness (QED) is 0.772. The van der Waals surface area contributed by atoms with E-state index in [0.29, 0.717) is 12.8 Å². The monoisotopic (exact) mass is 259 g/mol. The SMILES string of the molecule is CC(C)(C(=O)CC1CCC(F)(F)C1)N1CCCC1. The van der Waals surface area contributed by atoms with E-state index in [1.165, 1.54) is 0 Å². The summed E-state index contributed by atoms with van der Waals surface area (Å²) in [5.41, 5.74) is -0.478. The third kappa shape index (κ3) is 2.90. The van der Waals surface area contributed by atoms with Crippen LogP contribution in [0, 0.1) is 5.92 Å². The predicted molar refractivity (Wildman–Crippen MR) is 66.8 cm³/mol. The van der Waals surface area contributed by atoms with E-state index in [1.807, 2.05) is 13.8 Å². The second kappa shape index (κ2) is 4.87. The molecule has 104 valence electrons. The molecular weight excluding hydrogens is 236 g/mol. The Morgan fingerprint density at radius 3 is 2.44 bits per heavy atom. The lowest BCUT2D eigenvalue weighted by molar-refractivity contribution is -0.129. The van der Waals surface area contributed by atoms with Crippen molar-refractivity contribution in [2.45, 2.75) is 63.8 Å². The van der Waals surface area contributed by atoms with Crippen LogP contribution in [0.1, 0.15) is 52.4 Å². The van der Waals surface area contributed by atoms with Crippen molar-refractivity contribution >= 4 is 5.78 Å². The number of halogens is 2. The van der Waals surface area contributed by atoms with Crippen molar-refractivity contribution in [3.05, 3.63) is 0 Å². The van der Waals surface area contributed by atoms with Gasteiger partial charge in [-0.05, 0) is 52.1 Å². The van der Waals surface area contributed by atoms with Gasteiger partial charge in [-0.2, -0.15) is 0 Å². The maximum Gasteiger partial charge on any atom is 0.248 e. The summed E-state index contributed by atoms with van der Waals surface area (Å²) >= 11 is 0. The van der Waals surface area contributed by atoms with Crippen molar-refractivity contribution in [3.8, 4) is 0 Å². The minimum absolute atomic E-state index is 0.0465. The van der Waals surface area contributed by atoms with Crippen molar-refractivity contribution in [2.75, 3.05) is 13.1 Å². The van der Waals surface area contributed by atoms with Crippen LogP contribution in [0.25, 0.3) is 0 Å². The van der Waals surface area contributed by atoms with Gasteiger partial charge >= 0.3 is 0 Å². The lowest BCUT2D eigenvalue weighted by atomic mass is 9.88. The van der Waals surface area contributed by atoms with Crippen molar-refractivity contribution in [1.82, 2.24) is 4.90 Å². The first kappa shape index (κ1) is 13.9. The largest absolute Gasteiger partial charge is 0.298 e. The van der Waals surface area contributed by atoms with Crippen LogP contribution >= 0.6 is 0 Å². The molecule has 4 heteroatoms. The van der Waals surface area contributed by atoms with Crippen molar-refractivity contribution < 1.29 is 13.6 Å². The summed E-state index contributed by atoms with van der Waals surface area (Å²) in [6, 6.07) is 0. The minimum atomic E-state index is -2.54. The fourth-order valence-corrected chi connectivity index (χ4v) is 3.18. The number of nitrogens with zero attached hydrogens (tertiary/aromatic N) is 1. The molecule has 1 atom stereocenters. The van der Waals surface area contributed by atoms with Crippen LogP contribution in [0.15, 0.2) is 0 Å². The fraction of sp³-hybridized carbons (Fsp3) is 0.929. The van der Waals surface area contributed by atoms with E-state index in [1.54, 1.807) is 0 Å². The van der Waals surface area contributed by atoms with E-state index in [-0.39, 0.29) is 24.5 Å². The number of hydrogen-bond acceptors (Lipinski definition) is 2. The number of carbonyl (C=O) groups is 1. The molecule has 0 bridgehead atoms. The van der Waals surface area contributed by atoms with Crippen LogP contribution in [0.4, 0.5) is 8.78 Å². The van der Waals surface area contributed by atoms with Crippen molar-refractivity contribution in [2.24, 2.45) is 5.92 Å². The maximum atomic E-state index is 13.1. The Labute approximate surface area is 108 Å². The first-order chi connectivity index (χ1) is 8.31. The van der Waals surface area contributed by atoms with Gasteiger partial charge in [0.2, 0.25) is 5.92 Å². The summed E-state index contributed by atoms with van der Waals surface area (Å²) in [6.45, 7) is 5.79. The summed E-state index contributed by atoms with van der Waals surface area (Å²) in [7, 11) is 0. The van der Waals surface area contributed by atoms with Gasteiger partial charge in [0.1, 0.15) is 0 Å². The minimum Gasteiger partial charge on any atom is -0.298 e. The Balaban J connectivity index is 1.91. The molecule has 1 saturated heterocycles. The van der Waals surface area contributed by atoms with Crippen molar-refractivity contribution in [1.29, 1.82) is 0 Å². The summed E-state index contributed by atoms with van der Waals surface area (Å²) in [5.74, 6) is -2.52. The standard InChI is InChI=1S/C14H23F2NO/c1-13(2,17-7-3-4-8-17)12(18)9-11-5-6-14(15,16)10-11/h11H,3-10H2,1-2H3. The molecule has 0 aromatic carbocycles. The van der Waals surface area contributed by atoms with Gasteiger partial charge in [-0.1, -0.05) is 0 Å². The Morgan fingerprint density at radius 1 is 1.33 bits per heavy atom. The molecule has 0 aromatic heterocycles. The smallest absolute Gasteiger partial charge is 0.248 e. The number of rotatable bonds is 4. The molecule has 1 saturated carbocycles. The Morgan fingerprint density at radius 2 is 1.94 bits per heavy atom. The number of hydrogen-bond donors (Lipinski definition) is 0. The van der Waals surface area contributed by atoms with Crippen molar-refractivity contribution in [3.63, 3.8) is 0 Å². The highest BCUT2D eigenvalue weighted by Crippen LogP contribution is 2.41. The number of carbonyl (C=O) groups excluding carboxylic acids is 1. The second-order valence-corrected chi connectivity index (χ2v) is 6.35. The van der Waals surface area contributed by atoms with Gasteiger partial charge in [-0.15, -0.1) is 0 Å². The molecule has 2 rings (SSSR count). The molecule has 1 aliphatic heterocycles. The highest BCUT2D eigenvalue weighted by Gasteiger charge is 2.43. The average Bonchev–Trinajstić information content (AvgIpc) is 2.87. The Hall–Kier alpha value is -0.510. The zero-order valence-electron chi connectivity index (χ0n) is 11.3. The molecule has 1 heterocycles. The third-order valence-corrected chi connectivity index (χ3v) is 4.56. The molecule has 18 heavy (non-hydrogen) atoms. The van der Waals surface area contributed by atoms with Gasteiger partial charge in [0.05, 0.1) is 5.54 Å². The normalized spacial score (nSPS) is 28.8. The van der Waals surface area contributed by atoms with Gasteiger partial charge in [-0.3, -0.25) is 9.69 Å². The number of likely N-dealkylation sites (tertiary alicyclic amines) is 1. The molecule has 2 nitrogen and oxygen atoms in total. The van der Waals surface area contributed by atoms with E-state index in [0.717, 1.165) is 25.9 Å². The fourth-order valence-electron chi connectivity index (χ4n) is 3.18. The van der Waals surface area contributed by atoms with Crippen LogP contribution in [0.5, 0.6) is 0 Å². The predicted octanol–water partition coefficient (Wildman–Crippen LogP) is 3.26. The highest BCUT2D eigenvalue weighted by molar-refractivity contribution is 5.87. The second-order valence-electron chi connectivity index (χ2n) is 6.35. The number of Topliss-reactive ketones (excluding diaryl/α,β-unsaturated/α-hetero) is 1. The average molecular weight is 259 g/mol. The topological polar surface area (TPSA) is 20.3 Å². The number of ketones is 1. The molecule has 1 aliphatic carbocycles. The molecule has 0 aromatic rings. The third-order valence-electron chi connectivity index (χ3n) is 4.56. The summed E-state index contributed by atoms with van der Waals surface area (Å²) in [4.78, 5) is 14.5. The van der Waals surface area contributed by atoms with Gasteiger partial charge in [0.25, 0.3) is 0 Å². The van der Waals surface area contributed by atoms with Gasteiger partial charge in [-0.25, -0.2) is 8.78 Å². The lowest BCUT2D eigenvalue weighted by Gasteiger charge is -2.34. The summed E-state index contributed by atoms with van der Waals surface area (Å²) in [5, 5.41) is 0. The zero-order valence-corrected chi connectivity index (χ0v) is 11.3. The molecule has 0 radical (unpaired) electrons. The van der Waals surface area contributed by atoms with E-state index in [2.05, 4.69) is 4.90 Å². The molecule has 0 spiro atoms. The molecule has 0 N–H and O–H groups in total. The van der Waals surface area contributed by atoms with E-state index in [4.69, 9.17) is 0 Å².